The molecule has 3 aliphatic rings. The summed E-state index contributed by atoms with van der Waals surface area (Å²) in [5.41, 5.74) is 5.06. The van der Waals surface area contributed by atoms with Gasteiger partial charge in [0, 0.05) is 43.5 Å². The molecule has 43 heavy (non-hydrogen) atoms. The number of imide groups is 2. The number of carbonyl (C=O) groups is 4. The second kappa shape index (κ2) is 11.0. The summed E-state index contributed by atoms with van der Waals surface area (Å²) in [6.45, 7) is 2.58. The molecule has 2 saturated heterocycles. The number of fused-ring (bicyclic) bond motifs is 2. The second-order valence-electron chi connectivity index (χ2n) is 11.5. The van der Waals surface area contributed by atoms with Gasteiger partial charge >= 0.3 is 0 Å². The zero-order valence-corrected chi connectivity index (χ0v) is 23.6. The highest BCUT2D eigenvalue weighted by Crippen LogP contribution is 2.33. The summed E-state index contributed by atoms with van der Waals surface area (Å²) >= 11 is 0. The van der Waals surface area contributed by atoms with Crippen molar-refractivity contribution in [1.82, 2.24) is 30.0 Å². The second-order valence-corrected chi connectivity index (χ2v) is 11.5. The summed E-state index contributed by atoms with van der Waals surface area (Å²) in [7, 11) is 0. The third-order valence-electron chi connectivity index (χ3n) is 8.78. The van der Waals surface area contributed by atoms with E-state index >= 15 is 0 Å². The van der Waals surface area contributed by atoms with Gasteiger partial charge in [0.1, 0.15) is 6.04 Å². The van der Waals surface area contributed by atoms with E-state index in [0.29, 0.717) is 17.0 Å². The van der Waals surface area contributed by atoms with E-state index in [0.717, 1.165) is 78.2 Å². The fourth-order valence-electron chi connectivity index (χ4n) is 6.39. The Bertz CT molecular complexity index is 1760. The first kappa shape index (κ1) is 26.9. The number of nitrogens with zero attached hydrogens (tertiary/aromatic N) is 6. The van der Waals surface area contributed by atoms with Crippen LogP contribution in [0.4, 0.5) is 5.69 Å². The van der Waals surface area contributed by atoms with Crippen molar-refractivity contribution in [3.05, 3.63) is 72.2 Å². The van der Waals surface area contributed by atoms with Crippen molar-refractivity contribution < 1.29 is 19.2 Å². The highest BCUT2D eigenvalue weighted by molar-refractivity contribution is 6.23. The Morgan fingerprint density at radius 3 is 2.49 bits per heavy atom. The molecule has 0 saturated carbocycles. The molecule has 1 atom stereocenters. The molecule has 0 radical (unpaired) electrons. The lowest BCUT2D eigenvalue weighted by Crippen LogP contribution is -2.54. The number of para-hydroxylation sites is 2. The van der Waals surface area contributed by atoms with Crippen LogP contribution in [0.3, 0.4) is 0 Å². The summed E-state index contributed by atoms with van der Waals surface area (Å²) in [4.78, 5) is 62.6. The highest BCUT2D eigenvalue weighted by atomic mass is 16.2. The third kappa shape index (κ3) is 5.15. The van der Waals surface area contributed by atoms with Gasteiger partial charge in [-0.05, 0) is 68.4 Å². The van der Waals surface area contributed by atoms with E-state index in [2.05, 4.69) is 20.3 Å². The van der Waals surface area contributed by atoms with Crippen LogP contribution in [0, 0.1) is 5.92 Å². The molecule has 1 unspecified atom stereocenters. The zero-order valence-electron chi connectivity index (χ0n) is 23.6. The molecule has 2 aromatic carbocycles. The van der Waals surface area contributed by atoms with Crippen molar-refractivity contribution >= 4 is 40.3 Å². The largest absolute Gasteiger partial charge is 0.371 e. The van der Waals surface area contributed by atoms with E-state index in [-0.39, 0.29) is 18.7 Å². The van der Waals surface area contributed by atoms with Crippen LogP contribution in [-0.2, 0) is 16.1 Å². The number of aryl methyl sites for hydroxylation is 1. The van der Waals surface area contributed by atoms with Crippen LogP contribution in [0.1, 0.15) is 59.2 Å². The minimum Gasteiger partial charge on any atom is -0.371 e. The first-order chi connectivity index (χ1) is 20.9. The number of rotatable bonds is 7. The van der Waals surface area contributed by atoms with Gasteiger partial charge in [-0.25, -0.2) is 4.98 Å². The summed E-state index contributed by atoms with van der Waals surface area (Å²) < 4.78 is 1.97. The van der Waals surface area contributed by atoms with Gasteiger partial charge in [0.05, 0.1) is 40.2 Å². The Kier molecular flexibility index (Phi) is 6.92. The molecule has 11 heteroatoms. The van der Waals surface area contributed by atoms with Gasteiger partial charge < -0.3 is 4.90 Å². The van der Waals surface area contributed by atoms with Crippen molar-refractivity contribution in [2.24, 2.45) is 5.92 Å². The molecule has 2 fully saturated rings. The third-order valence-corrected chi connectivity index (χ3v) is 8.78. The average Bonchev–Trinajstić information content (AvgIpc) is 3.59. The van der Waals surface area contributed by atoms with E-state index in [1.54, 1.807) is 18.3 Å². The topological polar surface area (TPSA) is 130 Å². The number of amides is 4. The van der Waals surface area contributed by atoms with E-state index in [4.69, 9.17) is 4.98 Å². The SMILES string of the molecule is O=C1CCC(N2C(=O)c3ccc(N4CCC(CCCn5cc(-c6cnc7ccccc7n6)cn5)CC4)cc3C2=O)C(=O)N1. The molecular weight excluding hydrogens is 546 g/mol. The summed E-state index contributed by atoms with van der Waals surface area (Å²) in [5, 5.41) is 6.77. The number of piperidine rings is 2. The number of nitrogens with one attached hydrogen (secondary N) is 1. The van der Waals surface area contributed by atoms with Crippen LogP contribution in [0.25, 0.3) is 22.3 Å². The Labute approximate surface area is 247 Å². The van der Waals surface area contributed by atoms with Gasteiger partial charge in [-0.1, -0.05) is 12.1 Å². The van der Waals surface area contributed by atoms with Crippen LogP contribution in [0.2, 0.25) is 0 Å². The van der Waals surface area contributed by atoms with Crippen LogP contribution in [0.5, 0.6) is 0 Å². The van der Waals surface area contributed by atoms with E-state index in [1.165, 1.54) is 0 Å². The first-order valence-electron chi connectivity index (χ1n) is 14.8. The molecule has 2 aromatic heterocycles. The van der Waals surface area contributed by atoms with E-state index in [1.807, 2.05) is 47.4 Å². The molecule has 4 aromatic rings. The summed E-state index contributed by atoms with van der Waals surface area (Å²) in [6.07, 6.45) is 10.1. The van der Waals surface area contributed by atoms with Crippen molar-refractivity contribution in [2.75, 3.05) is 18.0 Å². The maximum Gasteiger partial charge on any atom is 0.262 e. The quantitative estimate of drug-likeness (QED) is 0.330. The van der Waals surface area contributed by atoms with Gasteiger partial charge in [0.15, 0.2) is 0 Å². The lowest BCUT2D eigenvalue weighted by Gasteiger charge is -2.34. The number of hydrogen-bond acceptors (Lipinski definition) is 8. The van der Waals surface area contributed by atoms with Gasteiger partial charge in [-0.2, -0.15) is 5.10 Å². The van der Waals surface area contributed by atoms with Crippen LogP contribution >= 0.6 is 0 Å². The highest BCUT2D eigenvalue weighted by Gasteiger charge is 2.44. The molecule has 0 aliphatic carbocycles. The minimum atomic E-state index is -0.954. The smallest absolute Gasteiger partial charge is 0.262 e. The predicted molar refractivity (Wildman–Crippen MR) is 158 cm³/mol. The monoisotopic (exact) mass is 577 g/mol. The molecule has 5 heterocycles. The fraction of sp³-hybridized carbons (Fsp3) is 0.344. The van der Waals surface area contributed by atoms with Crippen LogP contribution in [0.15, 0.2) is 61.1 Å². The summed E-state index contributed by atoms with van der Waals surface area (Å²) in [6, 6.07) is 12.2. The van der Waals surface area contributed by atoms with Gasteiger partial charge in [-0.15, -0.1) is 0 Å². The van der Waals surface area contributed by atoms with Crippen molar-refractivity contribution in [2.45, 2.75) is 51.1 Å². The Morgan fingerprint density at radius 2 is 1.67 bits per heavy atom. The first-order valence-corrected chi connectivity index (χ1v) is 14.8. The molecule has 3 aliphatic heterocycles. The number of carbonyl (C=O) groups excluding carboxylic acids is 4. The molecule has 7 rings (SSSR count). The molecular formula is C32H31N7O4. The van der Waals surface area contributed by atoms with Gasteiger partial charge in [0.25, 0.3) is 11.8 Å². The molecule has 0 spiro atoms. The molecule has 218 valence electrons. The lowest BCUT2D eigenvalue weighted by atomic mass is 9.91. The number of hydrogen-bond donors (Lipinski definition) is 1. The summed E-state index contributed by atoms with van der Waals surface area (Å²) in [5.74, 6) is -1.32. The number of benzene rings is 2. The molecule has 1 N–H and O–H groups in total. The molecule has 4 amide bonds. The normalized spacial score (nSPS) is 19.3. The van der Waals surface area contributed by atoms with Crippen molar-refractivity contribution in [1.29, 1.82) is 0 Å². The maximum absolute atomic E-state index is 13.2. The van der Waals surface area contributed by atoms with Gasteiger partial charge in [-0.3, -0.25) is 39.1 Å². The average molecular weight is 578 g/mol. The predicted octanol–water partition coefficient (Wildman–Crippen LogP) is 3.59. The van der Waals surface area contributed by atoms with Crippen molar-refractivity contribution in [3.8, 4) is 11.3 Å². The molecule has 11 nitrogen and oxygen atoms in total. The fourth-order valence-corrected chi connectivity index (χ4v) is 6.39. The van der Waals surface area contributed by atoms with Gasteiger partial charge in [0.2, 0.25) is 11.8 Å². The Hall–Kier alpha value is -4.93. The zero-order chi connectivity index (χ0) is 29.5. The van der Waals surface area contributed by atoms with E-state index < -0.39 is 23.8 Å². The number of aromatic nitrogens is 4. The minimum absolute atomic E-state index is 0.105. The van der Waals surface area contributed by atoms with Crippen LogP contribution < -0.4 is 10.2 Å². The van der Waals surface area contributed by atoms with E-state index in [9.17, 15) is 19.2 Å². The van der Waals surface area contributed by atoms with Crippen LogP contribution in [-0.4, -0.2) is 67.4 Å². The van der Waals surface area contributed by atoms with Crippen molar-refractivity contribution in [3.63, 3.8) is 0 Å². The Balaban J connectivity index is 0.920. The lowest BCUT2D eigenvalue weighted by molar-refractivity contribution is -0.136. The standard InChI is InChI=1S/C32H31N7O4/c40-29-10-9-28(30(41)36-29)39-31(42)23-8-7-22(16-24(23)32(39)43)37-14-11-20(12-15-37)4-3-13-38-19-21(17-34-38)27-18-33-25-5-1-2-6-26(25)35-27/h1-2,5-8,16-20,28H,3-4,9-15H2,(H,36,40,41). The molecule has 0 bridgehead atoms. The Morgan fingerprint density at radius 1 is 0.884 bits per heavy atom. The number of anilines is 1. The maximum atomic E-state index is 13.2.